The van der Waals surface area contributed by atoms with Crippen LogP contribution in [0.25, 0.3) is 0 Å². The van der Waals surface area contributed by atoms with Gasteiger partial charge in [0.15, 0.2) is 0 Å². The number of halogens is 1. The van der Waals surface area contributed by atoms with E-state index in [1.54, 1.807) is 4.90 Å². The van der Waals surface area contributed by atoms with Crippen molar-refractivity contribution in [1.82, 2.24) is 10.2 Å². The van der Waals surface area contributed by atoms with E-state index in [0.29, 0.717) is 19.6 Å². The van der Waals surface area contributed by atoms with Gasteiger partial charge in [-0.3, -0.25) is 0 Å². The maximum Gasteiger partial charge on any atom is 0.328 e. The van der Waals surface area contributed by atoms with Crippen molar-refractivity contribution < 1.29 is 14.3 Å². The molecular weight excluding hydrogens is 432 g/mol. The number of hydrogen-bond acceptors (Lipinski definition) is 3. The average molecular weight is 459 g/mol. The van der Waals surface area contributed by atoms with Crippen LogP contribution in [-0.2, 0) is 16.0 Å². The minimum Gasteiger partial charge on any atom is -0.464 e. The van der Waals surface area contributed by atoms with E-state index in [1.165, 1.54) is 5.56 Å². The lowest BCUT2D eigenvalue weighted by Crippen LogP contribution is -2.47. The summed E-state index contributed by atoms with van der Waals surface area (Å²) in [7, 11) is 0. The topological polar surface area (TPSA) is 58.6 Å². The molecule has 2 aromatic rings. The van der Waals surface area contributed by atoms with E-state index < -0.39 is 6.04 Å². The fourth-order valence-electron chi connectivity index (χ4n) is 3.54. The number of rotatable bonds is 7. The van der Waals surface area contributed by atoms with E-state index in [2.05, 4.69) is 33.4 Å². The number of esters is 1. The molecule has 0 spiro atoms. The average Bonchev–Trinajstić information content (AvgIpc) is 3.23. The van der Waals surface area contributed by atoms with Crippen molar-refractivity contribution in [3.8, 4) is 0 Å². The van der Waals surface area contributed by atoms with Gasteiger partial charge in [-0.05, 0) is 55.9 Å². The van der Waals surface area contributed by atoms with E-state index in [4.69, 9.17) is 4.74 Å². The maximum absolute atomic E-state index is 12.7. The summed E-state index contributed by atoms with van der Waals surface area (Å²) in [4.78, 5) is 26.8. The zero-order valence-corrected chi connectivity index (χ0v) is 18.2. The second kappa shape index (κ2) is 10.4. The highest BCUT2D eigenvalue weighted by molar-refractivity contribution is 9.10. The van der Waals surface area contributed by atoms with Gasteiger partial charge in [-0.15, -0.1) is 0 Å². The van der Waals surface area contributed by atoms with E-state index in [0.717, 1.165) is 29.3 Å². The van der Waals surface area contributed by atoms with Crippen molar-refractivity contribution in [2.75, 3.05) is 13.2 Å². The number of carbonyl (C=O) groups excluding carboxylic acids is 2. The molecule has 0 bridgehead atoms. The summed E-state index contributed by atoms with van der Waals surface area (Å²) < 4.78 is 6.52. The molecule has 1 N–H and O–H groups in total. The molecule has 1 heterocycles. The van der Waals surface area contributed by atoms with Crippen molar-refractivity contribution >= 4 is 27.9 Å². The van der Waals surface area contributed by atoms with E-state index in [9.17, 15) is 9.59 Å². The van der Waals surface area contributed by atoms with Crippen molar-refractivity contribution in [1.29, 1.82) is 0 Å². The number of aryl methyl sites for hydroxylation is 1. The third-order valence-electron chi connectivity index (χ3n) is 5.19. The molecule has 154 valence electrons. The van der Waals surface area contributed by atoms with Crippen molar-refractivity contribution in [3.05, 3.63) is 70.2 Å². The molecule has 3 rings (SSSR count). The first-order valence-electron chi connectivity index (χ1n) is 10.1. The molecular formula is C23H27BrN2O3. The van der Waals surface area contributed by atoms with Gasteiger partial charge in [-0.2, -0.15) is 0 Å². The van der Waals surface area contributed by atoms with Gasteiger partial charge in [-0.1, -0.05) is 58.4 Å². The number of nitrogens with zero attached hydrogens (tertiary/aromatic N) is 1. The second-order valence-corrected chi connectivity index (χ2v) is 8.25. The van der Waals surface area contributed by atoms with Crippen LogP contribution in [0.15, 0.2) is 59.1 Å². The summed E-state index contributed by atoms with van der Waals surface area (Å²) in [6.07, 6.45) is 3.08. The molecule has 2 aromatic carbocycles. The minimum absolute atomic E-state index is 0.119. The Morgan fingerprint density at radius 3 is 2.62 bits per heavy atom. The quantitative estimate of drug-likeness (QED) is 0.475. The van der Waals surface area contributed by atoms with Crippen LogP contribution in [0.5, 0.6) is 0 Å². The molecule has 2 amide bonds. The van der Waals surface area contributed by atoms with Gasteiger partial charge in [-0.25, -0.2) is 9.59 Å². The SMILES string of the molecule is C[C@@H](NC(=O)N1CCC[C@H]1C(=O)OCCCc1ccc(Br)cc1)c1ccccc1. The Kier molecular flexibility index (Phi) is 7.69. The first-order valence-corrected chi connectivity index (χ1v) is 10.9. The number of carbonyl (C=O) groups is 2. The van der Waals surface area contributed by atoms with Gasteiger partial charge in [0.25, 0.3) is 0 Å². The highest BCUT2D eigenvalue weighted by Gasteiger charge is 2.35. The number of urea groups is 1. The van der Waals surface area contributed by atoms with E-state index >= 15 is 0 Å². The number of amides is 2. The highest BCUT2D eigenvalue weighted by Crippen LogP contribution is 2.20. The molecule has 1 aliphatic rings. The molecule has 2 atom stereocenters. The first kappa shape index (κ1) is 21.4. The van der Waals surface area contributed by atoms with Gasteiger partial charge in [0.1, 0.15) is 6.04 Å². The lowest BCUT2D eigenvalue weighted by Gasteiger charge is -2.25. The molecule has 0 aromatic heterocycles. The molecule has 1 fully saturated rings. The van der Waals surface area contributed by atoms with Gasteiger partial charge in [0.2, 0.25) is 0 Å². The van der Waals surface area contributed by atoms with E-state index in [-0.39, 0.29) is 18.0 Å². The molecule has 1 aliphatic heterocycles. The Labute approximate surface area is 180 Å². The van der Waals surface area contributed by atoms with Gasteiger partial charge in [0, 0.05) is 11.0 Å². The molecule has 0 radical (unpaired) electrons. The Bertz CT molecular complexity index is 811. The fourth-order valence-corrected chi connectivity index (χ4v) is 3.81. The summed E-state index contributed by atoms with van der Waals surface area (Å²) in [5.41, 5.74) is 2.24. The molecule has 0 aliphatic carbocycles. The number of benzene rings is 2. The predicted octanol–water partition coefficient (Wildman–Crippen LogP) is 4.86. The molecule has 0 unspecified atom stereocenters. The summed E-state index contributed by atoms with van der Waals surface area (Å²) in [6, 6.07) is 17.1. The lowest BCUT2D eigenvalue weighted by molar-refractivity contribution is -0.148. The third kappa shape index (κ3) is 6.07. The van der Waals surface area contributed by atoms with Crippen LogP contribution < -0.4 is 5.32 Å². The van der Waals surface area contributed by atoms with Crippen LogP contribution in [-0.4, -0.2) is 36.1 Å². The Hall–Kier alpha value is -2.34. The largest absolute Gasteiger partial charge is 0.464 e. The zero-order chi connectivity index (χ0) is 20.6. The van der Waals surface area contributed by atoms with Crippen molar-refractivity contribution in [2.24, 2.45) is 0 Å². The van der Waals surface area contributed by atoms with Crippen LogP contribution in [0.4, 0.5) is 4.79 Å². The predicted molar refractivity (Wildman–Crippen MR) is 117 cm³/mol. The molecule has 5 nitrogen and oxygen atoms in total. The van der Waals surface area contributed by atoms with Crippen LogP contribution >= 0.6 is 15.9 Å². The van der Waals surface area contributed by atoms with Crippen molar-refractivity contribution in [2.45, 2.75) is 44.7 Å². The van der Waals surface area contributed by atoms with E-state index in [1.807, 2.05) is 49.4 Å². The highest BCUT2D eigenvalue weighted by atomic mass is 79.9. The van der Waals surface area contributed by atoms with Crippen LogP contribution in [0, 0.1) is 0 Å². The van der Waals surface area contributed by atoms with Gasteiger partial charge in [0.05, 0.1) is 12.6 Å². The minimum atomic E-state index is -0.495. The molecule has 29 heavy (non-hydrogen) atoms. The number of nitrogens with one attached hydrogen (secondary N) is 1. The standard InChI is InChI=1S/C23H27BrN2O3/c1-17(19-8-3-2-4-9-19)25-23(28)26-15-5-10-21(26)22(27)29-16-6-7-18-11-13-20(24)14-12-18/h2-4,8-9,11-14,17,21H,5-7,10,15-16H2,1H3,(H,25,28)/t17-,21+/m1/s1. The number of hydrogen-bond donors (Lipinski definition) is 1. The number of likely N-dealkylation sites (tertiary alicyclic amines) is 1. The zero-order valence-electron chi connectivity index (χ0n) is 16.6. The van der Waals surface area contributed by atoms with Gasteiger partial charge >= 0.3 is 12.0 Å². The smallest absolute Gasteiger partial charge is 0.328 e. The maximum atomic E-state index is 12.7. The molecule has 0 saturated carbocycles. The normalized spacial score (nSPS) is 17.0. The third-order valence-corrected chi connectivity index (χ3v) is 5.72. The Balaban J connectivity index is 1.45. The summed E-state index contributed by atoms with van der Waals surface area (Å²) >= 11 is 3.42. The Morgan fingerprint density at radius 1 is 1.17 bits per heavy atom. The summed E-state index contributed by atoms with van der Waals surface area (Å²) in [5, 5.41) is 2.99. The van der Waals surface area contributed by atoms with Crippen LogP contribution in [0.3, 0.4) is 0 Å². The second-order valence-electron chi connectivity index (χ2n) is 7.33. The summed E-state index contributed by atoms with van der Waals surface area (Å²) in [6.45, 7) is 2.88. The monoisotopic (exact) mass is 458 g/mol. The molecule has 6 heteroatoms. The Morgan fingerprint density at radius 2 is 1.90 bits per heavy atom. The fraction of sp³-hybridized carbons (Fsp3) is 0.391. The van der Waals surface area contributed by atoms with Crippen molar-refractivity contribution in [3.63, 3.8) is 0 Å². The first-order chi connectivity index (χ1) is 14.0. The number of ether oxygens (including phenoxy) is 1. The van der Waals surface area contributed by atoms with Crippen LogP contribution in [0.2, 0.25) is 0 Å². The van der Waals surface area contributed by atoms with Crippen LogP contribution in [0.1, 0.15) is 43.4 Å². The molecule has 1 saturated heterocycles. The lowest BCUT2D eigenvalue weighted by atomic mass is 10.1. The van der Waals surface area contributed by atoms with Gasteiger partial charge < -0.3 is 15.0 Å². The summed E-state index contributed by atoms with van der Waals surface area (Å²) in [5.74, 6) is -0.305.